The molecule has 3 rings (SSSR count). The largest absolute Gasteiger partial charge is 0.295 e. The van der Waals surface area contributed by atoms with E-state index in [0.29, 0.717) is 12.8 Å². The Bertz CT molecular complexity index is 893. The van der Waals surface area contributed by atoms with Crippen LogP contribution in [0.1, 0.15) is 18.4 Å². The average Bonchev–Trinajstić information content (AvgIpc) is 3.33. The minimum atomic E-state index is -3.89. The number of aryl methyl sites for hydroxylation is 1. The molecule has 8 heteroatoms. The van der Waals surface area contributed by atoms with E-state index in [2.05, 4.69) is 0 Å². The number of hydrogen-bond donors (Lipinski definition) is 0. The highest BCUT2D eigenvalue weighted by atomic mass is 35.5. The topological polar surface area (TPSA) is 80.5 Å². The fourth-order valence-corrected chi connectivity index (χ4v) is 4.37. The Labute approximate surface area is 144 Å². The highest BCUT2D eigenvalue weighted by molar-refractivity contribution is 7.92. The zero-order valence-corrected chi connectivity index (χ0v) is 14.4. The molecule has 0 aromatic heterocycles. The van der Waals surface area contributed by atoms with Gasteiger partial charge in [0.25, 0.3) is 15.7 Å². The van der Waals surface area contributed by atoms with Crippen molar-refractivity contribution < 1.29 is 13.3 Å². The van der Waals surface area contributed by atoms with Gasteiger partial charge in [0.1, 0.15) is 5.69 Å². The van der Waals surface area contributed by atoms with Gasteiger partial charge in [0.2, 0.25) is 0 Å². The Morgan fingerprint density at radius 2 is 1.79 bits per heavy atom. The van der Waals surface area contributed by atoms with Gasteiger partial charge in [-0.2, -0.15) is 0 Å². The summed E-state index contributed by atoms with van der Waals surface area (Å²) in [5.41, 5.74) is 0.668. The lowest BCUT2D eigenvalue weighted by atomic mass is 10.2. The van der Waals surface area contributed by atoms with Crippen molar-refractivity contribution in [2.24, 2.45) is 0 Å². The lowest BCUT2D eigenvalue weighted by molar-refractivity contribution is -0.384. The number of rotatable bonds is 5. The fraction of sp³-hybridized carbons (Fsp3) is 0.250. The molecule has 0 spiro atoms. The smallest absolute Gasteiger partial charge is 0.258 e. The molecule has 0 bridgehead atoms. The van der Waals surface area contributed by atoms with Gasteiger partial charge in [0.05, 0.1) is 9.82 Å². The second-order valence-corrected chi connectivity index (χ2v) is 7.99. The summed E-state index contributed by atoms with van der Waals surface area (Å²) in [7, 11) is -3.89. The van der Waals surface area contributed by atoms with Crippen LogP contribution < -0.4 is 4.31 Å². The number of benzene rings is 2. The second kappa shape index (κ2) is 6.07. The summed E-state index contributed by atoms with van der Waals surface area (Å²) in [6, 6.07) is 10.2. The molecule has 24 heavy (non-hydrogen) atoms. The molecular weight excluding hydrogens is 352 g/mol. The first-order valence-corrected chi connectivity index (χ1v) is 9.17. The van der Waals surface area contributed by atoms with Gasteiger partial charge < -0.3 is 0 Å². The van der Waals surface area contributed by atoms with E-state index in [1.165, 1.54) is 30.3 Å². The number of nitro benzene ring substituents is 1. The SMILES string of the molecule is Cc1ccc(S(=O)(=O)N(c2ccc(Cl)cc2[N+](=O)[O-])C2CC2)cc1. The van der Waals surface area contributed by atoms with Crippen molar-refractivity contribution in [1.82, 2.24) is 0 Å². The van der Waals surface area contributed by atoms with Crippen LogP contribution in [0.25, 0.3) is 0 Å². The maximum atomic E-state index is 13.1. The number of nitrogens with zero attached hydrogens (tertiary/aromatic N) is 2. The Hall–Kier alpha value is -2.12. The van der Waals surface area contributed by atoms with Gasteiger partial charge in [0.15, 0.2) is 0 Å². The summed E-state index contributed by atoms with van der Waals surface area (Å²) in [6.07, 6.45) is 1.34. The lowest BCUT2D eigenvalue weighted by Crippen LogP contribution is -2.33. The van der Waals surface area contributed by atoms with Crippen LogP contribution in [-0.2, 0) is 10.0 Å². The maximum Gasteiger partial charge on any atom is 0.295 e. The molecule has 126 valence electrons. The van der Waals surface area contributed by atoms with Gasteiger partial charge in [-0.3, -0.25) is 14.4 Å². The van der Waals surface area contributed by atoms with Gasteiger partial charge in [-0.15, -0.1) is 0 Å². The fourth-order valence-electron chi connectivity index (χ4n) is 2.48. The number of anilines is 1. The van der Waals surface area contributed by atoms with Crippen molar-refractivity contribution in [3.05, 3.63) is 63.2 Å². The first-order valence-electron chi connectivity index (χ1n) is 7.36. The van der Waals surface area contributed by atoms with Crippen LogP contribution in [0.3, 0.4) is 0 Å². The third kappa shape index (κ3) is 3.09. The number of hydrogen-bond acceptors (Lipinski definition) is 4. The lowest BCUT2D eigenvalue weighted by Gasteiger charge is -2.24. The molecule has 0 amide bonds. The highest BCUT2D eigenvalue weighted by Gasteiger charge is 2.41. The van der Waals surface area contributed by atoms with Crippen LogP contribution in [0.2, 0.25) is 5.02 Å². The van der Waals surface area contributed by atoms with E-state index >= 15 is 0 Å². The van der Waals surface area contributed by atoms with Crippen LogP contribution in [-0.4, -0.2) is 19.4 Å². The molecular formula is C16H15ClN2O4S. The predicted molar refractivity (Wildman–Crippen MR) is 92.0 cm³/mol. The van der Waals surface area contributed by atoms with E-state index in [-0.39, 0.29) is 27.3 Å². The summed E-state index contributed by atoms with van der Waals surface area (Å²) in [5, 5.41) is 11.5. The van der Waals surface area contributed by atoms with Crippen LogP contribution >= 0.6 is 11.6 Å². The van der Waals surface area contributed by atoms with Gasteiger partial charge >= 0.3 is 0 Å². The minimum Gasteiger partial charge on any atom is -0.258 e. The molecule has 2 aromatic rings. The quantitative estimate of drug-likeness (QED) is 0.593. The van der Waals surface area contributed by atoms with Crippen LogP contribution in [0, 0.1) is 17.0 Å². The molecule has 6 nitrogen and oxygen atoms in total. The van der Waals surface area contributed by atoms with Crippen LogP contribution in [0.4, 0.5) is 11.4 Å². The monoisotopic (exact) mass is 366 g/mol. The van der Waals surface area contributed by atoms with E-state index in [9.17, 15) is 18.5 Å². The summed E-state index contributed by atoms with van der Waals surface area (Å²) in [5.74, 6) is 0. The molecule has 0 heterocycles. The van der Waals surface area contributed by atoms with E-state index in [0.717, 1.165) is 9.87 Å². The minimum absolute atomic E-state index is 0.0486. The van der Waals surface area contributed by atoms with E-state index < -0.39 is 14.9 Å². The number of sulfonamides is 1. The summed E-state index contributed by atoms with van der Waals surface area (Å²) >= 11 is 5.84. The van der Waals surface area contributed by atoms with Crippen LogP contribution in [0.5, 0.6) is 0 Å². The van der Waals surface area contributed by atoms with Crippen molar-refractivity contribution >= 4 is 33.0 Å². The third-order valence-electron chi connectivity index (χ3n) is 3.83. The van der Waals surface area contributed by atoms with Crippen molar-refractivity contribution in [1.29, 1.82) is 0 Å². The Morgan fingerprint density at radius 3 is 2.33 bits per heavy atom. The van der Waals surface area contributed by atoms with Crippen molar-refractivity contribution in [3.8, 4) is 0 Å². The maximum absolute atomic E-state index is 13.1. The normalized spacial score (nSPS) is 14.4. The highest BCUT2D eigenvalue weighted by Crippen LogP contribution is 2.41. The number of halogens is 1. The zero-order valence-electron chi connectivity index (χ0n) is 12.8. The second-order valence-electron chi connectivity index (χ2n) is 5.74. The van der Waals surface area contributed by atoms with Crippen LogP contribution in [0.15, 0.2) is 47.4 Å². The molecule has 1 saturated carbocycles. The molecule has 2 aromatic carbocycles. The first kappa shape index (κ1) is 16.7. The molecule has 0 radical (unpaired) electrons. The van der Waals surface area contributed by atoms with E-state index in [4.69, 9.17) is 11.6 Å². The zero-order chi connectivity index (χ0) is 17.5. The summed E-state index contributed by atoms with van der Waals surface area (Å²) < 4.78 is 27.3. The predicted octanol–water partition coefficient (Wildman–Crippen LogP) is 3.91. The standard InChI is InChI=1S/C16H15ClN2O4S/c1-11-2-7-14(8-3-11)24(22,23)18(13-5-6-13)15-9-4-12(17)10-16(15)19(20)21/h2-4,7-10,13H,5-6H2,1H3. The molecule has 0 N–H and O–H groups in total. The summed E-state index contributed by atoms with van der Waals surface area (Å²) in [6.45, 7) is 1.86. The van der Waals surface area contributed by atoms with Crippen molar-refractivity contribution in [2.45, 2.75) is 30.7 Å². The molecule has 0 unspecified atom stereocenters. The van der Waals surface area contributed by atoms with Gasteiger partial charge in [0, 0.05) is 17.1 Å². The van der Waals surface area contributed by atoms with Gasteiger partial charge in [-0.25, -0.2) is 8.42 Å². The van der Waals surface area contributed by atoms with Crippen molar-refractivity contribution in [2.75, 3.05) is 4.31 Å². The molecule has 1 aliphatic rings. The molecule has 1 aliphatic carbocycles. The van der Waals surface area contributed by atoms with E-state index in [1.807, 2.05) is 6.92 Å². The first-order chi connectivity index (χ1) is 11.3. The molecule has 0 aliphatic heterocycles. The third-order valence-corrected chi connectivity index (χ3v) is 5.94. The number of nitro groups is 1. The van der Waals surface area contributed by atoms with E-state index in [1.54, 1.807) is 12.1 Å². The average molecular weight is 367 g/mol. The Morgan fingerprint density at radius 1 is 1.17 bits per heavy atom. The summed E-state index contributed by atoms with van der Waals surface area (Å²) in [4.78, 5) is 10.9. The van der Waals surface area contributed by atoms with Crippen molar-refractivity contribution in [3.63, 3.8) is 0 Å². The Kier molecular flexibility index (Phi) is 4.23. The molecule has 1 fully saturated rings. The Balaban J connectivity index is 2.15. The van der Waals surface area contributed by atoms with Gasteiger partial charge in [-0.1, -0.05) is 29.3 Å². The molecule has 0 atom stereocenters. The van der Waals surface area contributed by atoms with Gasteiger partial charge in [-0.05, 0) is 44.0 Å². The molecule has 0 saturated heterocycles.